The van der Waals surface area contributed by atoms with Gasteiger partial charge in [0.1, 0.15) is 0 Å². The van der Waals surface area contributed by atoms with Gasteiger partial charge in [-0.3, -0.25) is 0 Å². The molecule has 1 atom stereocenters. The van der Waals surface area contributed by atoms with Crippen LogP contribution in [0, 0.1) is 24.4 Å². The second-order valence-electron chi connectivity index (χ2n) is 5.37. The smallest absolute Gasteiger partial charge is 0.0114 e. The van der Waals surface area contributed by atoms with Crippen molar-refractivity contribution in [1.82, 2.24) is 0 Å². The molecule has 1 unspecified atom stereocenters. The largest absolute Gasteiger partial charge is 0.115 e. The fourth-order valence-electron chi connectivity index (χ4n) is 4.33. The fraction of sp³-hybridized carbons (Fsp3) is 0.909. The maximum Gasteiger partial charge on any atom is -0.0114 e. The molecule has 0 aromatic rings. The highest BCUT2D eigenvalue weighted by Crippen LogP contribution is 2.62. The zero-order valence-corrected chi connectivity index (χ0v) is 8.68. The van der Waals surface area contributed by atoms with E-state index < -0.39 is 0 Å². The Morgan fingerprint density at radius 1 is 0.917 bits per heavy atom. The van der Waals surface area contributed by atoms with Crippen LogP contribution in [0.3, 0.4) is 0 Å². The summed E-state index contributed by atoms with van der Waals surface area (Å²) in [5.74, 6) is 3.35. The summed E-state index contributed by atoms with van der Waals surface area (Å²) >= 11 is 0. The number of hydrogen-bond donors (Lipinski definition) is 0. The molecule has 0 heterocycles. The van der Waals surface area contributed by atoms with Gasteiger partial charge >= 0.3 is 0 Å². The Morgan fingerprint density at radius 2 is 1.33 bits per heavy atom. The highest BCUT2D eigenvalue weighted by Gasteiger charge is 2.49. The van der Waals surface area contributed by atoms with Gasteiger partial charge < -0.3 is 0 Å². The Labute approximate surface area is 77.3 Å². The van der Waals surface area contributed by atoms with Crippen LogP contribution >= 0.6 is 8.58 Å². The Kier molecular flexibility index (Phi) is 1.61. The molecular formula is C11H18P. The Bertz CT molecular complexity index is 162. The van der Waals surface area contributed by atoms with Crippen molar-refractivity contribution in [2.75, 3.05) is 0 Å². The molecule has 1 radical (unpaired) electrons. The second kappa shape index (κ2) is 2.47. The molecule has 4 aliphatic rings. The summed E-state index contributed by atoms with van der Waals surface area (Å²) in [5, 5.41) is 0.759. The van der Waals surface area contributed by atoms with Crippen LogP contribution in [-0.4, -0.2) is 5.16 Å². The van der Waals surface area contributed by atoms with Crippen LogP contribution in [0.5, 0.6) is 0 Å². The number of rotatable bonds is 1. The lowest BCUT2D eigenvalue weighted by Gasteiger charge is -2.56. The van der Waals surface area contributed by atoms with Crippen LogP contribution in [0.15, 0.2) is 0 Å². The van der Waals surface area contributed by atoms with E-state index in [9.17, 15) is 0 Å². The van der Waals surface area contributed by atoms with Gasteiger partial charge in [-0.2, -0.15) is 0 Å². The highest BCUT2D eigenvalue weighted by atomic mass is 31.1. The SMILES string of the molecule is [CH2]PC12CC3CC(CC(C3)C1)C2. The molecule has 4 aliphatic carbocycles. The van der Waals surface area contributed by atoms with Crippen molar-refractivity contribution in [2.24, 2.45) is 17.8 Å². The van der Waals surface area contributed by atoms with Gasteiger partial charge in [0.25, 0.3) is 0 Å². The minimum atomic E-state index is 0.759. The molecule has 4 saturated carbocycles. The van der Waals surface area contributed by atoms with Crippen molar-refractivity contribution in [3.8, 4) is 0 Å². The molecule has 0 nitrogen and oxygen atoms in total. The highest BCUT2D eigenvalue weighted by molar-refractivity contribution is 7.41. The van der Waals surface area contributed by atoms with Crippen molar-refractivity contribution in [3.63, 3.8) is 0 Å². The van der Waals surface area contributed by atoms with Crippen molar-refractivity contribution in [1.29, 1.82) is 0 Å². The van der Waals surface area contributed by atoms with Gasteiger partial charge in [0, 0.05) is 0 Å². The van der Waals surface area contributed by atoms with Crippen molar-refractivity contribution >= 4 is 8.58 Å². The van der Waals surface area contributed by atoms with Gasteiger partial charge in [-0.25, -0.2) is 0 Å². The first kappa shape index (κ1) is 7.80. The van der Waals surface area contributed by atoms with E-state index in [1.165, 1.54) is 0 Å². The number of hydrogen-bond acceptors (Lipinski definition) is 0. The summed E-state index contributed by atoms with van der Waals surface area (Å²) in [6, 6.07) is 0. The molecule has 4 fully saturated rings. The summed E-state index contributed by atoms with van der Waals surface area (Å²) in [7, 11) is 0.981. The van der Waals surface area contributed by atoms with Crippen molar-refractivity contribution in [2.45, 2.75) is 43.7 Å². The van der Waals surface area contributed by atoms with Gasteiger partial charge in [0.05, 0.1) is 0 Å². The Morgan fingerprint density at radius 3 is 1.67 bits per heavy atom. The molecular weight excluding hydrogens is 163 g/mol. The molecule has 0 spiro atoms. The van der Waals surface area contributed by atoms with Crippen molar-refractivity contribution < 1.29 is 0 Å². The summed E-state index contributed by atoms with van der Waals surface area (Å²) < 4.78 is 0. The Hall–Kier alpha value is 0.430. The van der Waals surface area contributed by atoms with Gasteiger partial charge in [-0.05, 0) is 68.1 Å². The van der Waals surface area contributed by atoms with Gasteiger partial charge in [-0.15, -0.1) is 8.58 Å². The van der Waals surface area contributed by atoms with E-state index in [-0.39, 0.29) is 0 Å². The molecule has 4 rings (SSSR count). The third-order valence-electron chi connectivity index (χ3n) is 4.41. The van der Waals surface area contributed by atoms with E-state index >= 15 is 0 Å². The molecule has 1 heteroatoms. The average Bonchev–Trinajstić information content (AvgIpc) is 2.02. The summed E-state index contributed by atoms with van der Waals surface area (Å²) in [6.45, 7) is 4.20. The van der Waals surface area contributed by atoms with Gasteiger partial charge in [0.2, 0.25) is 0 Å². The minimum Gasteiger partial charge on any atom is -0.115 e. The lowest BCUT2D eigenvalue weighted by atomic mass is 9.56. The van der Waals surface area contributed by atoms with Crippen LogP contribution < -0.4 is 0 Å². The lowest BCUT2D eigenvalue weighted by Crippen LogP contribution is -2.47. The van der Waals surface area contributed by atoms with Crippen LogP contribution in [0.1, 0.15) is 38.5 Å². The monoisotopic (exact) mass is 181 g/mol. The van der Waals surface area contributed by atoms with Crippen molar-refractivity contribution in [3.05, 3.63) is 6.66 Å². The molecule has 0 amide bonds. The maximum atomic E-state index is 4.20. The van der Waals surface area contributed by atoms with E-state index in [0.29, 0.717) is 0 Å². The minimum absolute atomic E-state index is 0.759. The first-order valence-corrected chi connectivity index (χ1v) is 6.55. The van der Waals surface area contributed by atoms with E-state index in [4.69, 9.17) is 0 Å². The Balaban J connectivity index is 1.90. The second-order valence-corrected chi connectivity index (χ2v) is 6.79. The van der Waals surface area contributed by atoms with Crippen LogP contribution in [-0.2, 0) is 0 Å². The molecule has 0 aromatic carbocycles. The van der Waals surface area contributed by atoms with E-state index in [0.717, 1.165) is 31.5 Å². The predicted octanol–water partition coefficient (Wildman–Crippen LogP) is 3.43. The molecule has 4 bridgehead atoms. The standard InChI is InChI=1S/C11H18P/c1-12-11-5-8-2-9(6-11)4-10(3-8)7-11/h8-10,12H,1-7H2. The van der Waals surface area contributed by atoms with Gasteiger partial charge in [0.15, 0.2) is 0 Å². The zero-order chi connectivity index (χ0) is 8.18. The van der Waals surface area contributed by atoms with Crippen LogP contribution in [0.25, 0.3) is 0 Å². The zero-order valence-electron chi connectivity index (χ0n) is 7.68. The fourth-order valence-corrected chi connectivity index (χ4v) is 5.63. The molecule has 0 aromatic heterocycles. The normalized spacial score (nSPS) is 57.2. The summed E-state index contributed by atoms with van der Waals surface area (Å²) in [5.41, 5.74) is 0. The molecule has 0 N–H and O–H groups in total. The van der Waals surface area contributed by atoms with Crippen LogP contribution in [0.4, 0.5) is 0 Å². The summed E-state index contributed by atoms with van der Waals surface area (Å²) in [4.78, 5) is 0. The average molecular weight is 181 g/mol. The first-order valence-electron chi connectivity index (χ1n) is 5.34. The first-order chi connectivity index (χ1) is 5.80. The topological polar surface area (TPSA) is 0 Å². The molecule has 67 valence electrons. The molecule has 12 heavy (non-hydrogen) atoms. The quantitative estimate of drug-likeness (QED) is 0.544. The van der Waals surface area contributed by atoms with E-state index in [1.54, 1.807) is 38.5 Å². The third kappa shape index (κ3) is 1.00. The van der Waals surface area contributed by atoms with Gasteiger partial charge in [-0.1, -0.05) is 0 Å². The molecule has 0 aliphatic heterocycles. The van der Waals surface area contributed by atoms with Crippen LogP contribution in [0.2, 0.25) is 0 Å². The molecule has 0 saturated heterocycles. The lowest BCUT2D eigenvalue weighted by molar-refractivity contribution is 0.0371. The third-order valence-corrected chi connectivity index (χ3v) is 5.78. The summed E-state index contributed by atoms with van der Waals surface area (Å²) in [6.07, 6.45) is 9.35. The predicted molar refractivity (Wildman–Crippen MR) is 54.6 cm³/mol. The van der Waals surface area contributed by atoms with E-state index in [1.807, 2.05) is 0 Å². The maximum absolute atomic E-state index is 4.20. The van der Waals surface area contributed by atoms with E-state index in [2.05, 4.69) is 6.66 Å².